The molecule has 146 valence electrons. The van der Waals surface area contributed by atoms with E-state index in [9.17, 15) is 0 Å². The topological polar surface area (TPSA) is 52.0 Å². The standard InChI is InChI=1S/C28H24N2/c29-25-15-11-23(12-16-25)28(24-13-17-26(30)18-14-24)20-19-27(21-7-3-1-4-8-21)22-9-5-2-6-10-22/h1-20H,29-30H2. The van der Waals surface area contributed by atoms with E-state index in [1.54, 1.807) is 0 Å². The Balaban J connectivity index is 1.87. The maximum Gasteiger partial charge on any atom is 0.0314 e. The van der Waals surface area contributed by atoms with E-state index in [0.717, 1.165) is 28.1 Å². The van der Waals surface area contributed by atoms with Gasteiger partial charge in [-0.3, -0.25) is 0 Å². The number of hydrogen-bond donors (Lipinski definition) is 2. The predicted octanol–water partition coefficient (Wildman–Crippen LogP) is 6.41. The maximum atomic E-state index is 5.91. The van der Waals surface area contributed by atoms with Crippen LogP contribution in [0.25, 0.3) is 11.1 Å². The summed E-state index contributed by atoms with van der Waals surface area (Å²) in [5, 5.41) is 0. The Labute approximate surface area is 177 Å². The van der Waals surface area contributed by atoms with Crippen LogP contribution in [0.1, 0.15) is 22.3 Å². The molecular weight excluding hydrogens is 364 g/mol. The van der Waals surface area contributed by atoms with Gasteiger partial charge in [-0.25, -0.2) is 0 Å². The molecule has 4 N–H and O–H groups in total. The fourth-order valence-electron chi connectivity index (χ4n) is 3.45. The third-order valence-electron chi connectivity index (χ3n) is 5.03. The van der Waals surface area contributed by atoms with Crippen LogP contribution in [0, 0.1) is 0 Å². The second kappa shape index (κ2) is 8.97. The number of anilines is 2. The van der Waals surface area contributed by atoms with Crippen LogP contribution in [0.3, 0.4) is 0 Å². The Hall–Kier alpha value is -4.04. The molecule has 0 aliphatic heterocycles. The summed E-state index contributed by atoms with van der Waals surface area (Å²) >= 11 is 0. The van der Waals surface area contributed by atoms with Crippen molar-refractivity contribution >= 4 is 22.5 Å². The number of benzene rings is 4. The van der Waals surface area contributed by atoms with Crippen LogP contribution in [0.15, 0.2) is 121 Å². The Morgan fingerprint density at radius 3 is 1.03 bits per heavy atom. The van der Waals surface area contributed by atoms with Crippen molar-refractivity contribution in [2.75, 3.05) is 11.5 Å². The summed E-state index contributed by atoms with van der Waals surface area (Å²) < 4.78 is 0. The van der Waals surface area contributed by atoms with Crippen molar-refractivity contribution < 1.29 is 0 Å². The van der Waals surface area contributed by atoms with Crippen molar-refractivity contribution in [1.82, 2.24) is 0 Å². The van der Waals surface area contributed by atoms with Gasteiger partial charge in [-0.15, -0.1) is 0 Å². The van der Waals surface area contributed by atoms with Gasteiger partial charge in [0, 0.05) is 11.4 Å². The van der Waals surface area contributed by atoms with E-state index in [0.29, 0.717) is 0 Å². The Morgan fingerprint density at radius 1 is 0.400 bits per heavy atom. The van der Waals surface area contributed by atoms with Crippen LogP contribution < -0.4 is 11.5 Å². The molecule has 0 aliphatic rings. The fraction of sp³-hybridized carbons (Fsp3) is 0. The molecule has 0 amide bonds. The van der Waals surface area contributed by atoms with Gasteiger partial charge in [0.2, 0.25) is 0 Å². The van der Waals surface area contributed by atoms with Gasteiger partial charge in [0.25, 0.3) is 0 Å². The van der Waals surface area contributed by atoms with Crippen LogP contribution in [0.4, 0.5) is 11.4 Å². The molecule has 0 saturated carbocycles. The Bertz CT molecular complexity index is 1070. The molecule has 0 aliphatic carbocycles. The van der Waals surface area contributed by atoms with Crippen molar-refractivity contribution in [1.29, 1.82) is 0 Å². The number of nitrogen functional groups attached to an aromatic ring is 2. The van der Waals surface area contributed by atoms with Crippen LogP contribution >= 0.6 is 0 Å². The minimum atomic E-state index is 0.750. The van der Waals surface area contributed by atoms with E-state index in [2.05, 4.69) is 84.9 Å². The molecule has 30 heavy (non-hydrogen) atoms. The first kappa shape index (κ1) is 19.3. The number of allylic oxidation sites excluding steroid dienone is 2. The van der Waals surface area contributed by atoms with Gasteiger partial charge in [-0.2, -0.15) is 0 Å². The molecular formula is C28H24N2. The summed E-state index contributed by atoms with van der Waals surface area (Å²) in [7, 11) is 0. The Kier molecular flexibility index (Phi) is 5.77. The van der Waals surface area contributed by atoms with Crippen LogP contribution in [0.5, 0.6) is 0 Å². The minimum Gasteiger partial charge on any atom is -0.399 e. The first-order valence-corrected chi connectivity index (χ1v) is 9.95. The van der Waals surface area contributed by atoms with E-state index in [4.69, 9.17) is 11.5 Å². The molecule has 0 heterocycles. The third-order valence-corrected chi connectivity index (χ3v) is 5.03. The molecule has 0 saturated heterocycles. The molecule has 0 radical (unpaired) electrons. The summed E-state index contributed by atoms with van der Waals surface area (Å²) in [6.45, 7) is 0. The van der Waals surface area contributed by atoms with Crippen LogP contribution in [-0.2, 0) is 0 Å². The van der Waals surface area contributed by atoms with Gasteiger partial charge in [0.05, 0.1) is 0 Å². The summed E-state index contributed by atoms with van der Waals surface area (Å²) in [6.07, 6.45) is 4.36. The average molecular weight is 389 g/mol. The molecule has 0 unspecified atom stereocenters. The van der Waals surface area contributed by atoms with Crippen LogP contribution in [0.2, 0.25) is 0 Å². The van der Waals surface area contributed by atoms with E-state index in [-0.39, 0.29) is 0 Å². The largest absolute Gasteiger partial charge is 0.399 e. The average Bonchev–Trinajstić information content (AvgIpc) is 2.80. The lowest BCUT2D eigenvalue weighted by Crippen LogP contribution is -1.92. The summed E-state index contributed by atoms with van der Waals surface area (Å²) in [5.74, 6) is 0. The number of nitrogens with two attached hydrogens (primary N) is 2. The molecule has 0 bridgehead atoms. The smallest absolute Gasteiger partial charge is 0.0314 e. The van der Waals surface area contributed by atoms with Gasteiger partial charge in [-0.05, 0) is 57.7 Å². The molecule has 0 fully saturated rings. The highest BCUT2D eigenvalue weighted by atomic mass is 14.5. The van der Waals surface area contributed by atoms with Crippen molar-refractivity contribution in [2.45, 2.75) is 0 Å². The van der Waals surface area contributed by atoms with E-state index in [1.807, 2.05) is 36.4 Å². The lowest BCUT2D eigenvalue weighted by atomic mass is 9.94. The highest BCUT2D eigenvalue weighted by Crippen LogP contribution is 2.28. The maximum absolute atomic E-state index is 5.91. The van der Waals surface area contributed by atoms with Crippen molar-refractivity contribution in [3.63, 3.8) is 0 Å². The fourth-order valence-corrected chi connectivity index (χ4v) is 3.45. The SMILES string of the molecule is Nc1ccc(C(=CC=C(c2ccccc2)c2ccccc2)c2ccc(N)cc2)cc1. The second-order valence-electron chi connectivity index (χ2n) is 7.14. The number of hydrogen-bond acceptors (Lipinski definition) is 2. The van der Waals surface area contributed by atoms with E-state index in [1.165, 1.54) is 16.7 Å². The van der Waals surface area contributed by atoms with Gasteiger partial charge < -0.3 is 11.5 Å². The summed E-state index contributed by atoms with van der Waals surface area (Å²) in [6, 6.07) is 36.8. The highest BCUT2D eigenvalue weighted by molar-refractivity contribution is 5.86. The molecule has 4 rings (SSSR count). The molecule has 0 spiro atoms. The summed E-state index contributed by atoms with van der Waals surface area (Å²) in [5.41, 5.74) is 20.2. The molecule has 0 aromatic heterocycles. The first-order chi connectivity index (χ1) is 14.7. The van der Waals surface area contributed by atoms with Gasteiger partial charge >= 0.3 is 0 Å². The van der Waals surface area contributed by atoms with E-state index < -0.39 is 0 Å². The van der Waals surface area contributed by atoms with Crippen molar-refractivity contribution in [3.05, 3.63) is 144 Å². The highest BCUT2D eigenvalue weighted by Gasteiger charge is 2.07. The molecule has 2 heteroatoms. The van der Waals surface area contributed by atoms with Crippen molar-refractivity contribution in [2.24, 2.45) is 0 Å². The Morgan fingerprint density at radius 2 is 0.700 bits per heavy atom. The zero-order chi connectivity index (χ0) is 20.8. The zero-order valence-electron chi connectivity index (χ0n) is 16.7. The third kappa shape index (κ3) is 4.50. The summed E-state index contributed by atoms with van der Waals surface area (Å²) in [4.78, 5) is 0. The van der Waals surface area contributed by atoms with E-state index >= 15 is 0 Å². The quantitative estimate of drug-likeness (QED) is 0.306. The van der Waals surface area contributed by atoms with Crippen LogP contribution in [-0.4, -0.2) is 0 Å². The first-order valence-electron chi connectivity index (χ1n) is 9.95. The van der Waals surface area contributed by atoms with Gasteiger partial charge in [-0.1, -0.05) is 97.1 Å². The normalized spacial score (nSPS) is 10.3. The van der Waals surface area contributed by atoms with Gasteiger partial charge in [0.15, 0.2) is 0 Å². The molecule has 0 atom stereocenters. The minimum absolute atomic E-state index is 0.750. The molecule has 4 aromatic carbocycles. The zero-order valence-corrected chi connectivity index (χ0v) is 16.7. The second-order valence-corrected chi connectivity index (χ2v) is 7.14. The van der Waals surface area contributed by atoms with Crippen molar-refractivity contribution in [3.8, 4) is 0 Å². The lowest BCUT2D eigenvalue weighted by molar-refractivity contribution is 1.53. The molecule has 2 nitrogen and oxygen atoms in total. The molecule has 4 aromatic rings. The lowest BCUT2D eigenvalue weighted by Gasteiger charge is -2.11. The monoisotopic (exact) mass is 388 g/mol. The predicted molar refractivity (Wildman–Crippen MR) is 129 cm³/mol. The number of rotatable bonds is 5. The van der Waals surface area contributed by atoms with Gasteiger partial charge in [0.1, 0.15) is 0 Å².